The number of hydrogen-bond donors (Lipinski definition) is 0. The third kappa shape index (κ3) is 4.42. The molecule has 0 aliphatic heterocycles. The van der Waals surface area contributed by atoms with Gasteiger partial charge in [-0.05, 0) is 11.1 Å². The van der Waals surface area contributed by atoms with Crippen LogP contribution in [0.2, 0.25) is 0 Å². The molecular formula is C16H16Br2O2. The highest BCUT2D eigenvalue weighted by Gasteiger charge is 2.16. The van der Waals surface area contributed by atoms with Crippen molar-refractivity contribution in [1.82, 2.24) is 0 Å². The topological polar surface area (TPSA) is 18.5 Å². The molecule has 2 unspecified atom stereocenters. The van der Waals surface area contributed by atoms with Crippen LogP contribution in [0.1, 0.15) is 23.3 Å². The lowest BCUT2D eigenvalue weighted by molar-refractivity contribution is -0.347. The molecule has 0 amide bonds. The van der Waals surface area contributed by atoms with Crippen LogP contribution in [0.25, 0.3) is 0 Å². The fourth-order valence-corrected chi connectivity index (χ4v) is 2.77. The van der Waals surface area contributed by atoms with Crippen molar-refractivity contribution in [3.8, 4) is 0 Å². The number of halogens is 2. The van der Waals surface area contributed by atoms with Crippen LogP contribution >= 0.6 is 31.9 Å². The van der Waals surface area contributed by atoms with E-state index in [0.29, 0.717) is 10.7 Å². The van der Waals surface area contributed by atoms with E-state index in [9.17, 15) is 0 Å². The van der Waals surface area contributed by atoms with Gasteiger partial charge in [-0.1, -0.05) is 92.5 Å². The SMILES string of the molecule is BrCC(OOC(CBr)c1ccccc1)c1ccccc1. The van der Waals surface area contributed by atoms with Gasteiger partial charge in [0, 0.05) is 10.7 Å². The Kier molecular flexibility index (Phi) is 6.73. The molecule has 0 aromatic heterocycles. The van der Waals surface area contributed by atoms with Crippen LogP contribution in [-0.2, 0) is 9.78 Å². The van der Waals surface area contributed by atoms with Crippen LogP contribution in [0, 0.1) is 0 Å². The maximum absolute atomic E-state index is 5.61. The molecule has 0 bridgehead atoms. The van der Waals surface area contributed by atoms with E-state index in [0.717, 1.165) is 11.1 Å². The van der Waals surface area contributed by atoms with Crippen LogP contribution < -0.4 is 0 Å². The molecule has 0 radical (unpaired) electrons. The van der Waals surface area contributed by atoms with Gasteiger partial charge in [-0.15, -0.1) is 0 Å². The molecule has 2 rings (SSSR count). The summed E-state index contributed by atoms with van der Waals surface area (Å²) in [5.41, 5.74) is 2.18. The van der Waals surface area contributed by atoms with Crippen molar-refractivity contribution in [2.24, 2.45) is 0 Å². The largest absolute Gasteiger partial charge is 0.227 e. The van der Waals surface area contributed by atoms with Crippen LogP contribution in [0.4, 0.5) is 0 Å². The van der Waals surface area contributed by atoms with Crippen molar-refractivity contribution in [2.75, 3.05) is 10.7 Å². The lowest BCUT2D eigenvalue weighted by Gasteiger charge is -2.19. The number of alkyl halides is 2. The second-order valence-corrected chi connectivity index (χ2v) is 5.59. The van der Waals surface area contributed by atoms with Crippen molar-refractivity contribution >= 4 is 31.9 Å². The van der Waals surface area contributed by atoms with Crippen molar-refractivity contribution in [3.63, 3.8) is 0 Å². The second kappa shape index (κ2) is 8.57. The van der Waals surface area contributed by atoms with Crippen LogP contribution in [0.3, 0.4) is 0 Å². The van der Waals surface area contributed by atoms with E-state index in [1.807, 2.05) is 60.7 Å². The Balaban J connectivity index is 1.99. The molecule has 20 heavy (non-hydrogen) atoms. The first-order valence-corrected chi connectivity index (χ1v) is 8.63. The summed E-state index contributed by atoms with van der Waals surface area (Å²) in [6.45, 7) is 0. The predicted octanol–water partition coefficient (Wildman–Crippen LogP) is 5.21. The smallest absolute Gasteiger partial charge is 0.128 e. The molecule has 2 atom stereocenters. The summed E-state index contributed by atoms with van der Waals surface area (Å²) in [4.78, 5) is 11.2. The molecule has 0 aliphatic rings. The molecule has 2 aromatic carbocycles. The van der Waals surface area contributed by atoms with Crippen molar-refractivity contribution < 1.29 is 9.78 Å². The maximum atomic E-state index is 5.61. The number of rotatable bonds is 7. The minimum atomic E-state index is -0.124. The van der Waals surface area contributed by atoms with Gasteiger partial charge in [-0.3, -0.25) is 0 Å². The predicted molar refractivity (Wildman–Crippen MR) is 88.1 cm³/mol. The first kappa shape index (κ1) is 15.7. The number of hydrogen-bond acceptors (Lipinski definition) is 2. The highest BCUT2D eigenvalue weighted by molar-refractivity contribution is 9.09. The Morgan fingerprint density at radius 3 is 1.30 bits per heavy atom. The van der Waals surface area contributed by atoms with E-state index in [-0.39, 0.29) is 12.2 Å². The number of benzene rings is 2. The van der Waals surface area contributed by atoms with E-state index in [2.05, 4.69) is 31.9 Å². The van der Waals surface area contributed by atoms with Crippen LogP contribution in [-0.4, -0.2) is 10.7 Å². The van der Waals surface area contributed by atoms with Gasteiger partial charge < -0.3 is 0 Å². The molecule has 0 aliphatic carbocycles. The van der Waals surface area contributed by atoms with Gasteiger partial charge >= 0.3 is 0 Å². The fourth-order valence-electron chi connectivity index (χ4n) is 1.81. The Morgan fingerprint density at radius 2 is 1.00 bits per heavy atom. The average Bonchev–Trinajstić information content (AvgIpc) is 2.53. The minimum absolute atomic E-state index is 0.124. The van der Waals surface area contributed by atoms with Crippen molar-refractivity contribution in [1.29, 1.82) is 0 Å². The van der Waals surface area contributed by atoms with E-state index < -0.39 is 0 Å². The lowest BCUT2D eigenvalue weighted by atomic mass is 10.1. The molecule has 0 saturated heterocycles. The summed E-state index contributed by atoms with van der Waals surface area (Å²) in [5.74, 6) is 0. The van der Waals surface area contributed by atoms with Crippen molar-refractivity contribution in [3.05, 3.63) is 71.8 Å². The normalized spacial score (nSPS) is 13.9. The monoisotopic (exact) mass is 398 g/mol. The quantitative estimate of drug-likeness (QED) is 0.361. The molecule has 2 aromatic rings. The summed E-state index contributed by atoms with van der Waals surface area (Å²) < 4.78 is 0. The second-order valence-electron chi connectivity index (χ2n) is 4.30. The summed E-state index contributed by atoms with van der Waals surface area (Å²) in [6, 6.07) is 20.1. The molecule has 0 N–H and O–H groups in total. The van der Waals surface area contributed by atoms with Gasteiger partial charge in [-0.2, -0.15) is 0 Å². The van der Waals surface area contributed by atoms with Gasteiger partial charge in [0.1, 0.15) is 12.2 Å². The van der Waals surface area contributed by atoms with Crippen molar-refractivity contribution in [2.45, 2.75) is 12.2 Å². The molecule has 4 heteroatoms. The minimum Gasteiger partial charge on any atom is -0.227 e. The summed E-state index contributed by atoms with van der Waals surface area (Å²) in [7, 11) is 0. The zero-order valence-corrected chi connectivity index (χ0v) is 14.1. The zero-order chi connectivity index (χ0) is 14.2. The maximum Gasteiger partial charge on any atom is 0.128 e. The third-order valence-corrected chi connectivity index (χ3v) is 4.09. The van der Waals surface area contributed by atoms with Gasteiger partial charge in [0.05, 0.1) is 0 Å². The van der Waals surface area contributed by atoms with E-state index in [1.54, 1.807) is 0 Å². The fraction of sp³-hybridized carbons (Fsp3) is 0.250. The highest BCUT2D eigenvalue weighted by atomic mass is 79.9. The molecular weight excluding hydrogens is 384 g/mol. The van der Waals surface area contributed by atoms with Gasteiger partial charge in [0.15, 0.2) is 0 Å². The van der Waals surface area contributed by atoms with Gasteiger partial charge in [0.2, 0.25) is 0 Å². The van der Waals surface area contributed by atoms with Gasteiger partial charge in [-0.25, -0.2) is 9.78 Å². The summed E-state index contributed by atoms with van der Waals surface area (Å²) in [5, 5.41) is 1.36. The molecule has 0 saturated carbocycles. The Hall–Kier alpha value is -0.680. The molecule has 106 valence electrons. The molecule has 0 fully saturated rings. The standard InChI is InChI=1S/C16H16Br2O2/c17-11-15(13-7-3-1-4-8-13)19-20-16(12-18)14-9-5-2-6-10-14/h1-10,15-16H,11-12H2. The Labute approximate surface area is 136 Å². The van der Waals surface area contributed by atoms with E-state index in [4.69, 9.17) is 9.78 Å². The summed E-state index contributed by atoms with van der Waals surface area (Å²) in [6.07, 6.45) is -0.247. The van der Waals surface area contributed by atoms with Gasteiger partial charge in [0.25, 0.3) is 0 Å². The third-order valence-electron chi connectivity index (χ3n) is 2.91. The average molecular weight is 400 g/mol. The highest BCUT2D eigenvalue weighted by Crippen LogP contribution is 2.25. The first-order valence-electron chi connectivity index (χ1n) is 6.39. The first-order chi connectivity index (χ1) is 9.85. The van der Waals surface area contributed by atoms with E-state index in [1.165, 1.54) is 0 Å². The Morgan fingerprint density at radius 1 is 0.650 bits per heavy atom. The van der Waals surface area contributed by atoms with E-state index >= 15 is 0 Å². The molecule has 0 spiro atoms. The molecule has 2 nitrogen and oxygen atoms in total. The van der Waals surface area contributed by atoms with Crippen LogP contribution in [0.15, 0.2) is 60.7 Å². The van der Waals surface area contributed by atoms with Crippen LogP contribution in [0.5, 0.6) is 0 Å². The lowest BCUT2D eigenvalue weighted by Crippen LogP contribution is -2.12. The molecule has 0 heterocycles. The summed E-state index contributed by atoms with van der Waals surface area (Å²) >= 11 is 6.93. The zero-order valence-electron chi connectivity index (χ0n) is 10.9. The Bertz CT molecular complexity index is 443.